The summed E-state index contributed by atoms with van der Waals surface area (Å²) >= 11 is 0. The van der Waals surface area contributed by atoms with Gasteiger partial charge in [-0.2, -0.15) is 0 Å². The van der Waals surface area contributed by atoms with E-state index < -0.39 is 0 Å². The van der Waals surface area contributed by atoms with Gasteiger partial charge in [-0.1, -0.05) is 30.3 Å². The summed E-state index contributed by atoms with van der Waals surface area (Å²) in [6.07, 6.45) is 6.45. The number of aromatic nitrogens is 1. The monoisotopic (exact) mass is 559 g/mol. The standard InChI is InChI=1S/C26H33N5O.HI/c1-2-27-26(28-15-14-22-19-29-24-9-5-4-8-23(22)24)30-18-20-10-12-21(13-11-20)25(32)31-16-6-3-7-17-31;/h4-5,8-13,19,29H,2-3,6-7,14-18H2,1H3,(H2,27,28,30);1H. The van der Waals surface area contributed by atoms with E-state index in [-0.39, 0.29) is 29.9 Å². The predicted molar refractivity (Wildman–Crippen MR) is 146 cm³/mol. The molecule has 0 unspecified atom stereocenters. The van der Waals surface area contributed by atoms with Gasteiger partial charge in [0, 0.05) is 48.8 Å². The van der Waals surface area contributed by atoms with Crippen molar-refractivity contribution in [1.82, 2.24) is 20.5 Å². The number of nitrogens with one attached hydrogen (secondary N) is 3. The molecule has 0 saturated carbocycles. The number of nitrogens with zero attached hydrogens (tertiary/aromatic N) is 2. The lowest BCUT2D eigenvalue weighted by molar-refractivity contribution is 0.0724. The SMILES string of the molecule is CCNC(=NCc1ccc(C(=O)N2CCCCC2)cc1)NCCc1c[nH]c2ccccc12.I. The number of amides is 1. The Balaban J connectivity index is 0.00000306. The fourth-order valence-corrected chi connectivity index (χ4v) is 4.20. The summed E-state index contributed by atoms with van der Waals surface area (Å²) in [7, 11) is 0. The van der Waals surface area contributed by atoms with Gasteiger partial charge in [-0.05, 0) is 61.9 Å². The van der Waals surface area contributed by atoms with Crippen LogP contribution in [0.5, 0.6) is 0 Å². The average molecular weight is 559 g/mol. The van der Waals surface area contributed by atoms with Crippen molar-refractivity contribution in [2.24, 2.45) is 4.99 Å². The molecular weight excluding hydrogens is 525 g/mol. The van der Waals surface area contributed by atoms with Crippen molar-refractivity contribution in [1.29, 1.82) is 0 Å². The van der Waals surface area contributed by atoms with Crippen LogP contribution < -0.4 is 10.6 Å². The molecule has 3 aromatic rings. The molecule has 4 rings (SSSR count). The molecule has 0 bridgehead atoms. The summed E-state index contributed by atoms with van der Waals surface area (Å²) in [6.45, 7) is 6.00. The smallest absolute Gasteiger partial charge is 0.253 e. The number of halogens is 1. The van der Waals surface area contributed by atoms with E-state index in [0.29, 0.717) is 6.54 Å². The van der Waals surface area contributed by atoms with Crippen molar-refractivity contribution in [3.63, 3.8) is 0 Å². The quantitative estimate of drug-likeness (QED) is 0.223. The molecular formula is C26H34IN5O. The maximum Gasteiger partial charge on any atom is 0.253 e. The van der Waals surface area contributed by atoms with Gasteiger partial charge in [0.25, 0.3) is 5.91 Å². The third kappa shape index (κ3) is 6.72. The van der Waals surface area contributed by atoms with Crippen LogP contribution in [0.4, 0.5) is 0 Å². The summed E-state index contributed by atoms with van der Waals surface area (Å²) in [5.74, 6) is 0.952. The lowest BCUT2D eigenvalue weighted by Gasteiger charge is -2.26. The minimum Gasteiger partial charge on any atom is -0.361 e. The minimum atomic E-state index is 0. The highest BCUT2D eigenvalue weighted by atomic mass is 127. The number of piperidine rings is 1. The molecule has 1 saturated heterocycles. The molecule has 1 aliphatic rings. The number of aromatic amines is 1. The van der Waals surface area contributed by atoms with Crippen molar-refractivity contribution >= 4 is 46.7 Å². The molecule has 6 nitrogen and oxygen atoms in total. The van der Waals surface area contributed by atoms with E-state index >= 15 is 0 Å². The highest BCUT2D eigenvalue weighted by molar-refractivity contribution is 14.0. The minimum absolute atomic E-state index is 0. The number of para-hydroxylation sites is 1. The van der Waals surface area contributed by atoms with Crippen LogP contribution in [0, 0.1) is 0 Å². The third-order valence-corrected chi connectivity index (χ3v) is 5.97. The first-order valence-electron chi connectivity index (χ1n) is 11.7. The molecule has 2 heterocycles. The number of aliphatic imine (C=N–C) groups is 1. The lowest BCUT2D eigenvalue weighted by Crippen LogP contribution is -2.38. The largest absolute Gasteiger partial charge is 0.361 e. The van der Waals surface area contributed by atoms with Crippen molar-refractivity contribution in [3.05, 3.63) is 71.4 Å². The topological polar surface area (TPSA) is 72.5 Å². The van der Waals surface area contributed by atoms with Gasteiger partial charge in [-0.25, -0.2) is 4.99 Å². The maximum absolute atomic E-state index is 12.6. The Kier molecular flexibility index (Phi) is 9.60. The number of carbonyl (C=O) groups excluding carboxylic acids is 1. The predicted octanol–water partition coefficient (Wildman–Crippen LogP) is 4.71. The fraction of sp³-hybridized carbons (Fsp3) is 0.385. The number of H-pyrrole nitrogens is 1. The number of benzene rings is 2. The van der Waals surface area contributed by atoms with E-state index in [1.165, 1.54) is 22.9 Å². The summed E-state index contributed by atoms with van der Waals surface area (Å²) in [6, 6.07) is 16.3. The lowest BCUT2D eigenvalue weighted by atomic mass is 10.1. The van der Waals surface area contributed by atoms with Crippen molar-refractivity contribution < 1.29 is 4.79 Å². The zero-order chi connectivity index (χ0) is 22.2. The van der Waals surface area contributed by atoms with Gasteiger partial charge in [-0.3, -0.25) is 4.79 Å². The number of carbonyl (C=O) groups is 1. The van der Waals surface area contributed by atoms with Gasteiger partial charge in [0.1, 0.15) is 0 Å². The van der Waals surface area contributed by atoms with Gasteiger partial charge in [-0.15, -0.1) is 24.0 Å². The molecule has 0 spiro atoms. The van der Waals surface area contributed by atoms with Crippen molar-refractivity contribution in [3.8, 4) is 0 Å². The molecule has 0 aliphatic carbocycles. The summed E-state index contributed by atoms with van der Waals surface area (Å²) in [5.41, 5.74) is 4.33. The molecule has 176 valence electrons. The van der Waals surface area contributed by atoms with Crippen molar-refractivity contribution in [2.75, 3.05) is 26.2 Å². The average Bonchev–Trinajstić information content (AvgIpc) is 3.26. The molecule has 0 radical (unpaired) electrons. The van der Waals surface area contributed by atoms with Gasteiger partial charge in [0.05, 0.1) is 6.54 Å². The second kappa shape index (κ2) is 12.6. The fourth-order valence-electron chi connectivity index (χ4n) is 4.20. The zero-order valence-electron chi connectivity index (χ0n) is 19.3. The Morgan fingerprint density at radius 1 is 1.03 bits per heavy atom. The first-order chi connectivity index (χ1) is 15.7. The Morgan fingerprint density at radius 2 is 1.79 bits per heavy atom. The Bertz CT molecular complexity index is 1050. The Labute approximate surface area is 213 Å². The van der Waals surface area contributed by atoms with E-state index in [4.69, 9.17) is 4.99 Å². The number of fused-ring (bicyclic) bond motifs is 1. The zero-order valence-corrected chi connectivity index (χ0v) is 21.6. The Morgan fingerprint density at radius 3 is 2.55 bits per heavy atom. The molecule has 1 fully saturated rings. The normalized spacial score (nSPS) is 14.1. The number of guanidine groups is 1. The van der Waals surface area contributed by atoms with E-state index in [2.05, 4.69) is 46.9 Å². The highest BCUT2D eigenvalue weighted by Gasteiger charge is 2.17. The first-order valence-corrected chi connectivity index (χ1v) is 11.7. The molecule has 0 atom stereocenters. The molecule has 7 heteroatoms. The van der Waals surface area contributed by atoms with E-state index in [1.54, 1.807) is 0 Å². The molecule has 3 N–H and O–H groups in total. The summed E-state index contributed by atoms with van der Waals surface area (Å²) in [5, 5.41) is 8.02. The molecule has 1 aliphatic heterocycles. The van der Waals surface area contributed by atoms with Crippen LogP contribution in [-0.4, -0.2) is 47.9 Å². The van der Waals surface area contributed by atoms with E-state index in [9.17, 15) is 4.79 Å². The summed E-state index contributed by atoms with van der Waals surface area (Å²) in [4.78, 5) is 22.7. The van der Waals surface area contributed by atoms with Crippen molar-refractivity contribution in [2.45, 2.75) is 39.2 Å². The first kappa shape index (κ1) is 25.1. The molecule has 1 amide bonds. The molecule has 1 aromatic heterocycles. The maximum atomic E-state index is 12.6. The van der Waals surface area contributed by atoms with Gasteiger partial charge >= 0.3 is 0 Å². The van der Waals surface area contributed by atoms with Gasteiger partial charge in [0.2, 0.25) is 0 Å². The van der Waals surface area contributed by atoms with E-state index in [0.717, 1.165) is 62.5 Å². The van der Waals surface area contributed by atoms with Crippen LogP contribution in [0.2, 0.25) is 0 Å². The number of hydrogen-bond donors (Lipinski definition) is 3. The number of hydrogen-bond acceptors (Lipinski definition) is 2. The second-order valence-electron chi connectivity index (χ2n) is 8.28. The summed E-state index contributed by atoms with van der Waals surface area (Å²) < 4.78 is 0. The third-order valence-electron chi connectivity index (χ3n) is 5.97. The second-order valence-corrected chi connectivity index (χ2v) is 8.28. The van der Waals surface area contributed by atoms with Crippen LogP contribution in [0.1, 0.15) is 47.7 Å². The van der Waals surface area contributed by atoms with Crippen LogP contribution in [0.3, 0.4) is 0 Å². The molecule has 2 aromatic carbocycles. The van der Waals surface area contributed by atoms with E-state index in [1.807, 2.05) is 35.2 Å². The van der Waals surface area contributed by atoms with Crippen LogP contribution in [-0.2, 0) is 13.0 Å². The Hall–Kier alpha value is -2.55. The van der Waals surface area contributed by atoms with Crippen LogP contribution in [0.25, 0.3) is 10.9 Å². The number of rotatable bonds is 7. The van der Waals surface area contributed by atoms with Crippen LogP contribution in [0.15, 0.2) is 59.7 Å². The van der Waals surface area contributed by atoms with Crippen LogP contribution >= 0.6 is 24.0 Å². The van der Waals surface area contributed by atoms with Gasteiger partial charge < -0.3 is 20.5 Å². The van der Waals surface area contributed by atoms with Gasteiger partial charge in [0.15, 0.2) is 5.96 Å². The molecule has 33 heavy (non-hydrogen) atoms. The highest BCUT2D eigenvalue weighted by Crippen LogP contribution is 2.18. The number of likely N-dealkylation sites (tertiary alicyclic amines) is 1.